The number of ketones is 1. The predicted octanol–water partition coefficient (Wildman–Crippen LogP) is 1.42. The highest BCUT2D eigenvalue weighted by molar-refractivity contribution is 5.95. The molecule has 0 atom stereocenters. The summed E-state index contributed by atoms with van der Waals surface area (Å²) in [5.74, 6) is 0.846. The molecule has 96 valence electrons. The van der Waals surface area contributed by atoms with E-state index in [0.717, 1.165) is 16.9 Å². The van der Waals surface area contributed by atoms with Gasteiger partial charge >= 0.3 is 0 Å². The third-order valence-corrected chi connectivity index (χ3v) is 3.10. The molecular weight excluding hydrogens is 242 g/mol. The van der Waals surface area contributed by atoms with Crippen molar-refractivity contribution in [2.24, 2.45) is 7.05 Å². The molecule has 0 spiro atoms. The van der Waals surface area contributed by atoms with Crippen LogP contribution in [0.1, 0.15) is 23.2 Å². The largest absolute Gasteiger partial charge is 0.330 e. The Labute approximate surface area is 109 Å². The van der Waals surface area contributed by atoms with Crippen LogP contribution in [0.5, 0.6) is 0 Å². The molecule has 0 aromatic carbocycles. The topological polar surface area (TPSA) is 65.6 Å². The normalized spacial score (nSPS) is 11.1. The smallest absolute Gasteiger partial charge is 0.178 e. The fourth-order valence-corrected chi connectivity index (χ4v) is 2.02. The average Bonchev–Trinajstić information content (AvgIpc) is 2.99. The number of carbonyl (C=O) groups excluding carboxylic acids is 1. The summed E-state index contributed by atoms with van der Waals surface area (Å²) in [4.78, 5) is 24.0. The SMILES string of the molecule is CC(=O)c1cc2nc(Cn3ccnc3)n(C)c2cn1. The van der Waals surface area contributed by atoms with E-state index in [-0.39, 0.29) is 5.78 Å². The zero-order valence-electron chi connectivity index (χ0n) is 10.7. The number of aromatic nitrogens is 5. The molecule has 3 heterocycles. The van der Waals surface area contributed by atoms with Crippen LogP contribution in [-0.4, -0.2) is 29.9 Å². The lowest BCUT2D eigenvalue weighted by molar-refractivity contribution is 0.101. The second kappa shape index (κ2) is 4.31. The van der Waals surface area contributed by atoms with E-state index >= 15 is 0 Å². The summed E-state index contributed by atoms with van der Waals surface area (Å²) in [5, 5.41) is 0. The zero-order chi connectivity index (χ0) is 13.4. The van der Waals surface area contributed by atoms with Crippen LogP contribution in [0.4, 0.5) is 0 Å². The molecule has 0 aliphatic rings. The maximum atomic E-state index is 11.3. The van der Waals surface area contributed by atoms with Gasteiger partial charge in [-0.1, -0.05) is 0 Å². The number of fused-ring (bicyclic) bond motifs is 1. The average molecular weight is 255 g/mol. The Morgan fingerprint density at radius 2 is 2.26 bits per heavy atom. The first kappa shape index (κ1) is 11.6. The van der Waals surface area contributed by atoms with Gasteiger partial charge in [0.1, 0.15) is 11.5 Å². The lowest BCUT2D eigenvalue weighted by Crippen LogP contribution is -2.04. The van der Waals surface area contributed by atoms with Crippen LogP contribution in [0.15, 0.2) is 31.0 Å². The number of Topliss-reactive ketones (excluding diaryl/α,β-unsaturated/α-hetero) is 1. The predicted molar refractivity (Wildman–Crippen MR) is 69.8 cm³/mol. The van der Waals surface area contributed by atoms with E-state index < -0.39 is 0 Å². The lowest BCUT2D eigenvalue weighted by Gasteiger charge is -2.02. The molecule has 0 saturated heterocycles. The molecule has 3 aromatic rings. The van der Waals surface area contributed by atoms with Crippen molar-refractivity contribution in [2.75, 3.05) is 0 Å². The molecule has 0 unspecified atom stereocenters. The zero-order valence-corrected chi connectivity index (χ0v) is 10.7. The molecule has 0 N–H and O–H groups in total. The molecule has 3 rings (SSSR count). The number of aryl methyl sites for hydroxylation is 1. The first-order valence-electron chi connectivity index (χ1n) is 5.93. The Balaban J connectivity index is 2.06. The van der Waals surface area contributed by atoms with Crippen molar-refractivity contribution in [1.82, 2.24) is 24.1 Å². The van der Waals surface area contributed by atoms with Crippen LogP contribution >= 0.6 is 0 Å². The number of carbonyl (C=O) groups is 1. The molecule has 6 heteroatoms. The van der Waals surface area contributed by atoms with Gasteiger partial charge < -0.3 is 9.13 Å². The number of hydrogen-bond acceptors (Lipinski definition) is 4. The van der Waals surface area contributed by atoms with E-state index in [4.69, 9.17) is 0 Å². The Morgan fingerprint density at radius 3 is 2.95 bits per heavy atom. The highest BCUT2D eigenvalue weighted by atomic mass is 16.1. The Hall–Kier alpha value is -2.50. The molecule has 0 aliphatic carbocycles. The first-order valence-corrected chi connectivity index (χ1v) is 5.93. The molecule has 6 nitrogen and oxygen atoms in total. The Kier molecular flexibility index (Phi) is 2.63. The minimum Gasteiger partial charge on any atom is -0.330 e. The van der Waals surface area contributed by atoms with Gasteiger partial charge in [-0.3, -0.25) is 9.78 Å². The summed E-state index contributed by atoms with van der Waals surface area (Å²) in [6.07, 6.45) is 7.06. The highest BCUT2D eigenvalue weighted by Crippen LogP contribution is 2.16. The van der Waals surface area contributed by atoms with E-state index in [9.17, 15) is 4.79 Å². The van der Waals surface area contributed by atoms with Gasteiger partial charge in [-0.15, -0.1) is 0 Å². The van der Waals surface area contributed by atoms with Gasteiger partial charge in [-0.25, -0.2) is 9.97 Å². The fourth-order valence-electron chi connectivity index (χ4n) is 2.02. The highest BCUT2D eigenvalue weighted by Gasteiger charge is 2.10. The van der Waals surface area contributed by atoms with Crippen molar-refractivity contribution in [1.29, 1.82) is 0 Å². The number of nitrogens with zero attached hydrogens (tertiary/aromatic N) is 5. The quantitative estimate of drug-likeness (QED) is 0.664. The molecule has 0 aliphatic heterocycles. The number of hydrogen-bond donors (Lipinski definition) is 0. The summed E-state index contributed by atoms with van der Waals surface area (Å²) in [6.45, 7) is 2.14. The first-order chi connectivity index (χ1) is 9.15. The van der Waals surface area contributed by atoms with Crippen LogP contribution in [0.2, 0.25) is 0 Å². The van der Waals surface area contributed by atoms with Crippen LogP contribution in [0.3, 0.4) is 0 Å². The molecule has 3 aromatic heterocycles. The van der Waals surface area contributed by atoms with Crippen LogP contribution < -0.4 is 0 Å². The Bertz CT molecular complexity index is 742. The lowest BCUT2D eigenvalue weighted by atomic mass is 10.2. The van der Waals surface area contributed by atoms with E-state index in [2.05, 4.69) is 15.0 Å². The molecule has 0 bridgehead atoms. The second-order valence-electron chi connectivity index (χ2n) is 4.44. The second-order valence-corrected chi connectivity index (χ2v) is 4.44. The third kappa shape index (κ3) is 2.01. The molecule has 19 heavy (non-hydrogen) atoms. The van der Waals surface area contributed by atoms with Gasteiger partial charge in [0.2, 0.25) is 0 Å². The van der Waals surface area contributed by atoms with E-state index in [1.54, 1.807) is 24.8 Å². The summed E-state index contributed by atoms with van der Waals surface area (Å²) in [5.41, 5.74) is 2.15. The van der Waals surface area contributed by atoms with E-state index in [1.165, 1.54) is 6.92 Å². The van der Waals surface area contributed by atoms with Crippen molar-refractivity contribution >= 4 is 16.8 Å². The van der Waals surface area contributed by atoms with Crippen LogP contribution in [0, 0.1) is 0 Å². The maximum absolute atomic E-state index is 11.3. The summed E-state index contributed by atoms with van der Waals surface area (Å²) in [6, 6.07) is 1.73. The molecule has 0 fully saturated rings. The van der Waals surface area contributed by atoms with Gasteiger partial charge in [-0.05, 0) is 6.07 Å². The van der Waals surface area contributed by atoms with Crippen LogP contribution in [0.25, 0.3) is 11.0 Å². The van der Waals surface area contributed by atoms with Gasteiger partial charge in [0.15, 0.2) is 5.78 Å². The van der Waals surface area contributed by atoms with Crippen molar-refractivity contribution in [3.05, 3.63) is 42.5 Å². The minimum absolute atomic E-state index is 0.0521. The molecule has 0 radical (unpaired) electrons. The van der Waals surface area contributed by atoms with Gasteiger partial charge in [-0.2, -0.15) is 0 Å². The number of rotatable bonds is 3. The van der Waals surface area contributed by atoms with Gasteiger partial charge in [0.05, 0.1) is 30.1 Å². The fraction of sp³-hybridized carbons (Fsp3) is 0.231. The van der Waals surface area contributed by atoms with Gasteiger partial charge in [0, 0.05) is 26.4 Å². The standard InChI is InChI=1S/C13H13N5O/c1-9(19)10-5-11-12(6-15-10)17(2)13(16-11)7-18-4-3-14-8-18/h3-6,8H,7H2,1-2H3. The molecule has 0 amide bonds. The van der Waals surface area contributed by atoms with Crippen LogP contribution in [-0.2, 0) is 13.6 Å². The monoisotopic (exact) mass is 255 g/mol. The number of pyridine rings is 1. The number of imidazole rings is 2. The van der Waals surface area contributed by atoms with Crippen molar-refractivity contribution in [2.45, 2.75) is 13.5 Å². The van der Waals surface area contributed by atoms with E-state index in [1.807, 2.05) is 22.4 Å². The van der Waals surface area contributed by atoms with Crippen molar-refractivity contribution in [3.8, 4) is 0 Å². The third-order valence-electron chi connectivity index (χ3n) is 3.10. The van der Waals surface area contributed by atoms with Gasteiger partial charge in [0.25, 0.3) is 0 Å². The summed E-state index contributed by atoms with van der Waals surface area (Å²) in [7, 11) is 1.94. The Morgan fingerprint density at radius 1 is 1.42 bits per heavy atom. The van der Waals surface area contributed by atoms with Crippen molar-refractivity contribution in [3.63, 3.8) is 0 Å². The summed E-state index contributed by atoms with van der Waals surface area (Å²) >= 11 is 0. The minimum atomic E-state index is -0.0521. The molecular formula is C13H13N5O. The van der Waals surface area contributed by atoms with E-state index in [0.29, 0.717) is 12.2 Å². The summed E-state index contributed by atoms with van der Waals surface area (Å²) < 4.78 is 3.92. The molecule has 0 saturated carbocycles. The maximum Gasteiger partial charge on any atom is 0.178 e. The van der Waals surface area contributed by atoms with Crippen molar-refractivity contribution < 1.29 is 4.79 Å².